The molecule has 0 aromatic carbocycles. The summed E-state index contributed by atoms with van der Waals surface area (Å²) in [5.41, 5.74) is 6.48. The maximum absolute atomic E-state index is 11.8. The molecule has 21 heavy (non-hydrogen) atoms. The van der Waals surface area contributed by atoms with Crippen LogP contribution < -0.4 is 11.1 Å². The molecular weight excluding hydrogens is 286 g/mol. The lowest BCUT2D eigenvalue weighted by Crippen LogP contribution is -2.45. The molecule has 0 unspecified atom stereocenters. The van der Waals surface area contributed by atoms with Gasteiger partial charge in [-0.1, -0.05) is 0 Å². The largest absolute Gasteiger partial charge is 0.444 e. The van der Waals surface area contributed by atoms with Crippen LogP contribution in [0, 0.1) is 6.92 Å². The highest BCUT2D eigenvalue weighted by molar-refractivity contribution is 7.16. The van der Waals surface area contributed by atoms with Crippen molar-refractivity contribution in [3.63, 3.8) is 0 Å². The Morgan fingerprint density at radius 1 is 1.33 bits per heavy atom. The molecule has 1 amide bonds. The van der Waals surface area contributed by atoms with Crippen LogP contribution in [0.15, 0.2) is 0 Å². The number of carbonyl (C=O) groups excluding carboxylic acids is 1. The van der Waals surface area contributed by atoms with E-state index >= 15 is 0 Å². The summed E-state index contributed by atoms with van der Waals surface area (Å²) >= 11 is 1.51. The van der Waals surface area contributed by atoms with Gasteiger partial charge in [0.25, 0.3) is 0 Å². The fourth-order valence-corrected chi connectivity index (χ4v) is 3.94. The lowest BCUT2D eigenvalue weighted by atomic mass is 9.83. The smallest absolute Gasteiger partial charge is 0.413 e. The van der Waals surface area contributed by atoms with E-state index in [1.165, 1.54) is 16.2 Å². The van der Waals surface area contributed by atoms with Crippen LogP contribution in [0.3, 0.4) is 0 Å². The monoisotopic (exact) mass is 311 g/mol. The summed E-state index contributed by atoms with van der Waals surface area (Å²) in [6, 6.07) is 0. The highest BCUT2D eigenvalue weighted by atomic mass is 32.1. The van der Waals surface area contributed by atoms with Crippen LogP contribution in [0.5, 0.6) is 0 Å². The minimum absolute atomic E-state index is 0.00259. The summed E-state index contributed by atoms with van der Waals surface area (Å²) in [6.45, 7) is 11.6. The summed E-state index contributed by atoms with van der Waals surface area (Å²) in [5.74, 6) is 0. The van der Waals surface area contributed by atoms with Crippen molar-refractivity contribution in [1.29, 1.82) is 0 Å². The molecule has 1 aliphatic carbocycles. The molecule has 0 spiro atoms. The predicted octanol–water partition coefficient (Wildman–Crippen LogP) is 3.57. The molecule has 1 fully saturated rings. The Morgan fingerprint density at radius 2 is 1.90 bits per heavy atom. The van der Waals surface area contributed by atoms with Gasteiger partial charge in [-0.2, -0.15) is 0 Å². The lowest BCUT2D eigenvalue weighted by Gasteiger charge is -2.30. The van der Waals surface area contributed by atoms with Gasteiger partial charge in [0.1, 0.15) is 5.60 Å². The molecule has 1 saturated carbocycles. The Balaban J connectivity index is 2.16. The van der Waals surface area contributed by atoms with Crippen molar-refractivity contribution in [2.75, 3.05) is 5.32 Å². The quantitative estimate of drug-likeness (QED) is 0.894. The molecule has 0 aliphatic heterocycles. The van der Waals surface area contributed by atoms with Crippen LogP contribution in [0.2, 0.25) is 0 Å². The Labute approximate surface area is 130 Å². The number of ether oxygens (including phenoxy) is 1. The van der Waals surface area contributed by atoms with E-state index in [0.29, 0.717) is 5.13 Å². The number of carbonyl (C=O) groups is 1. The summed E-state index contributed by atoms with van der Waals surface area (Å²) in [4.78, 5) is 17.5. The number of aryl methyl sites for hydroxylation is 1. The molecule has 1 aliphatic rings. The average molecular weight is 311 g/mol. The normalized spacial score (nSPS) is 17.5. The van der Waals surface area contributed by atoms with Crippen molar-refractivity contribution in [3.8, 4) is 0 Å². The van der Waals surface area contributed by atoms with Gasteiger partial charge in [-0.05, 0) is 54.4 Å². The zero-order chi connectivity index (χ0) is 16.1. The number of nitrogens with two attached hydrogens (primary N) is 1. The van der Waals surface area contributed by atoms with Crippen molar-refractivity contribution < 1.29 is 9.53 Å². The Morgan fingerprint density at radius 3 is 2.33 bits per heavy atom. The number of anilines is 1. The number of amides is 1. The predicted molar refractivity (Wildman–Crippen MR) is 85.9 cm³/mol. The number of hydrogen-bond acceptors (Lipinski definition) is 5. The van der Waals surface area contributed by atoms with Crippen molar-refractivity contribution in [2.45, 2.75) is 70.9 Å². The first-order chi connectivity index (χ1) is 9.45. The van der Waals surface area contributed by atoms with E-state index in [4.69, 9.17) is 10.5 Å². The first-order valence-corrected chi connectivity index (χ1v) is 8.03. The standard InChI is InChI=1S/C15H25N3O2S/c1-9-10(15(7-8-15)14(5,6)16)21-11(17-9)18-12(19)20-13(2,3)4/h7-8,16H2,1-6H3,(H,17,18,19). The summed E-state index contributed by atoms with van der Waals surface area (Å²) in [6.07, 6.45) is 1.68. The molecule has 0 bridgehead atoms. The first-order valence-electron chi connectivity index (χ1n) is 7.21. The van der Waals surface area contributed by atoms with E-state index in [1.807, 2.05) is 27.7 Å². The molecule has 1 aromatic rings. The van der Waals surface area contributed by atoms with Crippen LogP contribution >= 0.6 is 11.3 Å². The topological polar surface area (TPSA) is 77.2 Å². The summed E-state index contributed by atoms with van der Waals surface area (Å²) in [7, 11) is 0. The van der Waals surface area contributed by atoms with Crippen molar-refractivity contribution >= 4 is 22.6 Å². The van der Waals surface area contributed by atoms with Crippen molar-refractivity contribution in [1.82, 2.24) is 4.98 Å². The number of hydrogen-bond donors (Lipinski definition) is 2. The molecule has 0 atom stereocenters. The molecule has 6 heteroatoms. The zero-order valence-electron chi connectivity index (χ0n) is 13.7. The maximum atomic E-state index is 11.8. The van der Waals surface area contributed by atoms with E-state index < -0.39 is 11.7 Å². The average Bonchev–Trinajstić information content (AvgIpc) is 2.96. The SMILES string of the molecule is Cc1nc(NC(=O)OC(C)(C)C)sc1C1(C(C)(C)N)CC1. The van der Waals surface area contributed by atoms with E-state index in [2.05, 4.69) is 24.1 Å². The lowest BCUT2D eigenvalue weighted by molar-refractivity contribution is 0.0636. The number of aromatic nitrogens is 1. The summed E-state index contributed by atoms with van der Waals surface area (Å²) in [5, 5.41) is 3.29. The molecule has 0 radical (unpaired) electrons. The van der Waals surface area contributed by atoms with E-state index in [9.17, 15) is 4.79 Å². The third-order valence-corrected chi connectivity index (χ3v) is 5.10. The highest BCUT2D eigenvalue weighted by Crippen LogP contribution is 2.57. The van der Waals surface area contributed by atoms with Gasteiger partial charge in [0.05, 0.1) is 5.69 Å². The number of thiazole rings is 1. The maximum Gasteiger partial charge on any atom is 0.413 e. The summed E-state index contributed by atoms with van der Waals surface area (Å²) < 4.78 is 5.25. The van der Waals surface area contributed by atoms with Gasteiger partial charge in [0, 0.05) is 15.8 Å². The van der Waals surface area contributed by atoms with Gasteiger partial charge in [0.15, 0.2) is 5.13 Å². The Hall–Kier alpha value is -1.14. The second kappa shape index (κ2) is 4.95. The van der Waals surface area contributed by atoms with Crippen LogP contribution in [0.4, 0.5) is 9.93 Å². The Bertz CT molecular complexity index is 548. The third-order valence-electron chi connectivity index (χ3n) is 3.82. The molecule has 5 nitrogen and oxygen atoms in total. The van der Waals surface area contributed by atoms with E-state index in [1.54, 1.807) is 0 Å². The van der Waals surface area contributed by atoms with Crippen LogP contribution in [-0.4, -0.2) is 22.2 Å². The van der Waals surface area contributed by atoms with Crippen molar-refractivity contribution in [3.05, 3.63) is 10.6 Å². The molecule has 2 rings (SSSR count). The van der Waals surface area contributed by atoms with E-state index in [0.717, 1.165) is 18.5 Å². The second-order valence-electron chi connectivity index (χ2n) is 7.36. The molecule has 118 valence electrons. The number of nitrogens with one attached hydrogen (secondary N) is 1. The fraction of sp³-hybridized carbons (Fsp3) is 0.733. The number of rotatable bonds is 3. The highest BCUT2D eigenvalue weighted by Gasteiger charge is 2.55. The van der Waals surface area contributed by atoms with Gasteiger partial charge in [-0.15, -0.1) is 11.3 Å². The molecule has 0 saturated heterocycles. The minimum atomic E-state index is -0.518. The van der Waals surface area contributed by atoms with Gasteiger partial charge in [-0.25, -0.2) is 9.78 Å². The van der Waals surface area contributed by atoms with Gasteiger partial charge in [0.2, 0.25) is 0 Å². The van der Waals surface area contributed by atoms with E-state index in [-0.39, 0.29) is 11.0 Å². The molecule has 1 heterocycles. The van der Waals surface area contributed by atoms with Gasteiger partial charge in [-0.3, -0.25) is 5.32 Å². The van der Waals surface area contributed by atoms with Gasteiger partial charge < -0.3 is 10.5 Å². The molecule has 1 aromatic heterocycles. The third kappa shape index (κ3) is 3.37. The molecule has 3 N–H and O–H groups in total. The molecular formula is C15H25N3O2S. The minimum Gasteiger partial charge on any atom is -0.444 e. The van der Waals surface area contributed by atoms with Crippen LogP contribution in [0.1, 0.15) is 58.0 Å². The zero-order valence-corrected chi connectivity index (χ0v) is 14.5. The van der Waals surface area contributed by atoms with Crippen LogP contribution in [0.25, 0.3) is 0 Å². The number of nitrogens with zero attached hydrogens (tertiary/aromatic N) is 1. The second-order valence-corrected chi connectivity index (χ2v) is 8.36. The van der Waals surface area contributed by atoms with Crippen LogP contribution in [-0.2, 0) is 10.2 Å². The Kier molecular flexibility index (Phi) is 3.83. The van der Waals surface area contributed by atoms with Crippen molar-refractivity contribution in [2.24, 2.45) is 5.73 Å². The first kappa shape index (κ1) is 16.2. The van der Waals surface area contributed by atoms with Gasteiger partial charge >= 0.3 is 6.09 Å². The fourth-order valence-electron chi connectivity index (χ4n) is 2.57.